The summed E-state index contributed by atoms with van der Waals surface area (Å²) in [5.41, 5.74) is -1.01. The van der Waals surface area contributed by atoms with Crippen LogP contribution < -0.4 is 14.8 Å². The molecule has 3 atom stereocenters. The van der Waals surface area contributed by atoms with Gasteiger partial charge in [-0.3, -0.25) is 9.59 Å². The number of amides is 1. The van der Waals surface area contributed by atoms with Crippen LogP contribution >= 0.6 is 0 Å². The quantitative estimate of drug-likeness (QED) is 0.714. The summed E-state index contributed by atoms with van der Waals surface area (Å²) < 4.78 is 10.4. The van der Waals surface area contributed by atoms with Gasteiger partial charge in [0, 0.05) is 5.56 Å². The van der Waals surface area contributed by atoms with Crippen molar-refractivity contribution < 1.29 is 24.2 Å². The van der Waals surface area contributed by atoms with Crippen molar-refractivity contribution in [3.8, 4) is 11.5 Å². The van der Waals surface area contributed by atoms with Gasteiger partial charge >= 0.3 is 0 Å². The molecule has 2 N–H and O–H groups in total. The van der Waals surface area contributed by atoms with Crippen LogP contribution in [0.5, 0.6) is 11.5 Å². The maximum absolute atomic E-state index is 12.8. The van der Waals surface area contributed by atoms with Crippen molar-refractivity contribution in [3.63, 3.8) is 0 Å². The lowest BCUT2D eigenvalue weighted by atomic mass is 9.66. The second-order valence-electron chi connectivity index (χ2n) is 7.84. The molecule has 6 nitrogen and oxygen atoms in total. The first-order valence-electron chi connectivity index (χ1n) is 9.48. The molecule has 6 heteroatoms. The molecule has 1 aliphatic rings. The molecular formula is C21H31NO5. The second kappa shape index (κ2) is 8.74. The van der Waals surface area contributed by atoms with Crippen LogP contribution in [0.2, 0.25) is 0 Å². The van der Waals surface area contributed by atoms with E-state index >= 15 is 0 Å². The van der Waals surface area contributed by atoms with Crippen molar-refractivity contribution in [2.75, 3.05) is 20.8 Å². The average molecular weight is 377 g/mol. The fourth-order valence-electron chi connectivity index (χ4n) is 4.06. The Balaban J connectivity index is 2.08. The van der Waals surface area contributed by atoms with Crippen molar-refractivity contribution >= 4 is 11.7 Å². The van der Waals surface area contributed by atoms with E-state index in [4.69, 9.17) is 9.47 Å². The predicted octanol–water partition coefficient (Wildman–Crippen LogP) is 2.83. The van der Waals surface area contributed by atoms with Crippen LogP contribution in [0.4, 0.5) is 0 Å². The summed E-state index contributed by atoms with van der Waals surface area (Å²) >= 11 is 0. The Morgan fingerprint density at radius 1 is 1.22 bits per heavy atom. The van der Waals surface area contributed by atoms with E-state index < -0.39 is 11.5 Å². The number of aliphatic hydroxyl groups is 1. The monoisotopic (exact) mass is 377 g/mol. The molecule has 0 aliphatic heterocycles. The fourth-order valence-corrected chi connectivity index (χ4v) is 4.06. The lowest BCUT2D eigenvalue weighted by molar-refractivity contribution is -0.155. The first-order chi connectivity index (χ1) is 12.7. The normalized spacial score (nSPS) is 25.1. The highest BCUT2D eigenvalue weighted by atomic mass is 16.5. The Morgan fingerprint density at radius 2 is 1.89 bits per heavy atom. The highest BCUT2D eigenvalue weighted by Gasteiger charge is 2.48. The zero-order valence-electron chi connectivity index (χ0n) is 16.9. The molecule has 0 saturated heterocycles. The molecular weight excluding hydrogens is 346 g/mol. The van der Waals surface area contributed by atoms with Crippen LogP contribution in [0.3, 0.4) is 0 Å². The highest BCUT2D eigenvalue weighted by molar-refractivity contribution is 6.00. The van der Waals surface area contributed by atoms with Crippen molar-refractivity contribution in [1.82, 2.24) is 5.32 Å². The van der Waals surface area contributed by atoms with Gasteiger partial charge in [0.1, 0.15) is 5.60 Å². The van der Waals surface area contributed by atoms with Gasteiger partial charge < -0.3 is 19.9 Å². The van der Waals surface area contributed by atoms with Gasteiger partial charge in [-0.1, -0.05) is 27.2 Å². The zero-order valence-corrected chi connectivity index (χ0v) is 16.9. The summed E-state index contributed by atoms with van der Waals surface area (Å²) in [5.74, 6) is 0.633. The number of carbonyl (C=O) groups excluding carboxylic acids is 2. The first-order valence-corrected chi connectivity index (χ1v) is 9.48. The molecule has 0 heterocycles. The van der Waals surface area contributed by atoms with Gasteiger partial charge in [0.25, 0.3) is 5.91 Å². The molecule has 0 aromatic heterocycles. The molecule has 3 unspecified atom stereocenters. The number of benzene rings is 1. The number of Topliss-reactive ketones (excluding diaryl/α,β-unsaturated/α-hetero) is 1. The minimum absolute atomic E-state index is 0.107. The van der Waals surface area contributed by atoms with E-state index in [0.29, 0.717) is 23.5 Å². The Morgan fingerprint density at radius 3 is 2.48 bits per heavy atom. The zero-order chi connectivity index (χ0) is 20.2. The van der Waals surface area contributed by atoms with Crippen molar-refractivity contribution in [2.45, 2.75) is 45.6 Å². The molecule has 150 valence electrons. The number of nitrogens with one attached hydrogen (secondary N) is 1. The molecule has 1 aliphatic carbocycles. The van der Waals surface area contributed by atoms with Crippen LogP contribution in [0, 0.1) is 17.8 Å². The molecule has 2 rings (SSSR count). The van der Waals surface area contributed by atoms with Crippen LogP contribution in [0.15, 0.2) is 18.2 Å². The molecule has 0 radical (unpaired) electrons. The smallest absolute Gasteiger partial charge is 0.252 e. The number of ketones is 1. The van der Waals surface area contributed by atoms with E-state index in [1.165, 1.54) is 14.2 Å². The number of ether oxygens (including phenoxy) is 2. The number of hydrogen-bond donors (Lipinski definition) is 2. The summed E-state index contributed by atoms with van der Waals surface area (Å²) in [7, 11) is 3.02. The van der Waals surface area contributed by atoms with Crippen molar-refractivity contribution in [3.05, 3.63) is 23.8 Å². The van der Waals surface area contributed by atoms with E-state index in [2.05, 4.69) is 5.32 Å². The molecule has 27 heavy (non-hydrogen) atoms. The maximum Gasteiger partial charge on any atom is 0.252 e. The minimum atomic E-state index is -1.43. The number of rotatable bonds is 7. The molecule has 1 fully saturated rings. The predicted molar refractivity (Wildman–Crippen MR) is 103 cm³/mol. The highest BCUT2D eigenvalue weighted by Crippen LogP contribution is 2.41. The van der Waals surface area contributed by atoms with Crippen molar-refractivity contribution in [2.24, 2.45) is 17.8 Å². The summed E-state index contributed by atoms with van der Waals surface area (Å²) in [6.45, 7) is 5.92. The van der Waals surface area contributed by atoms with Crippen LogP contribution in [0.25, 0.3) is 0 Å². The largest absolute Gasteiger partial charge is 0.493 e. The van der Waals surface area contributed by atoms with Crippen molar-refractivity contribution in [1.29, 1.82) is 0 Å². The van der Waals surface area contributed by atoms with Crippen LogP contribution in [0.1, 0.15) is 50.4 Å². The lowest BCUT2D eigenvalue weighted by Gasteiger charge is -2.43. The fraction of sp³-hybridized carbons (Fsp3) is 0.619. The Labute approximate surface area is 161 Å². The van der Waals surface area contributed by atoms with Gasteiger partial charge in [-0.05, 0) is 48.8 Å². The number of hydrogen-bond acceptors (Lipinski definition) is 5. The molecule has 0 spiro atoms. The third-order valence-electron chi connectivity index (χ3n) is 5.56. The van der Waals surface area contributed by atoms with E-state index in [-0.39, 0.29) is 30.1 Å². The minimum Gasteiger partial charge on any atom is -0.493 e. The molecule has 1 aromatic carbocycles. The second-order valence-corrected chi connectivity index (χ2v) is 7.84. The topological polar surface area (TPSA) is 84.9 Å². The SMILES string of the molecule is COc1ccc(C(=O)CNC(=O)C2(O)CC(C)CCC2C(C)C)cc1OC. The number of methoxy groups -OCH3 is 2. The van der Waals surface area contributed by atoms with Gasteiger partial charge in [-0.25, -0.2) is 0 Å². The summed E-state index contributed by atoms with van der Waals surface area (Å²) in [6, 6.07) is 4.87. The Hall–Kier alpha value is -2.08. The van der Waals surface area contributed by atoms with Crippen LogP contribution in [-0.2, 0) is 4.79 Å². The van der Waals surface area contributed by atoms with E-state index in [9.17, 15) is 14.7 Å². The van der Waals surface area contributed by atoms with Gasteiger partial charge in [-0.15, -0.1) is 0 Å². The third-order valence-corrected chi connectivity index (χ3v) is 5.56. The standard InChI is InChI=1S/C21H31NO5/c1-13(2)16-8-6-14(3)11-21(16,25)20(24)22-12-17(23)15-7-9-18(26-4)19(10-15)27-5/h7,9-10,13-14,16,25H,6,8,11-12H2,1-5H3,(H,22,24). The summed E-state index contributed by atoms with van der Waals surface area (Å²) in [6.07, 6.45) is 2.24. The van der Waals surface area contributed by atoms with Gasteiger partial charge in [0.2, 0.25) is 0 Å². The Kier molecular flexibility index (Phi) is 6.87. The molecule has 0 bridgehead atoms. The average Bonchev–Trinajstić information content (AvgIpc) is 2.64. The third kappa shape index (κ3) is 4.61. The van der Waals surface area contributed by atoms with Gasteiger partial charge in [-0.2, -0.15) is 0 Å². The summed E-state index contributed by atoms with van der Waals surface area (Å²) in [4.78, 5) is 25.3. The van der Waals surface area contributed by atoms with Crippen LogP contribution in [-0.4, -0.2) is 43.2 Å². The van der Waals surface area contributed by atoms with Gasteiger partial charge in [0.05, 0.1) is 20.8 Å². The maximum atomic E-state index is 12.8. The molecule has 1 saturated carbocycles. The van der Waals surface area contributed by atoms with E-state index in [1.54, 1.807) is 18.2 Å². The Bertz CT molecular complexity index is 687. The first kappa shape index (κ1) is 21.2. The number of carbonyl (C=O) groups is 2. The van der Waals surface area contributed by atoms with E-state index in [0.717, 1.165) is 12.8 Å². The van der Waals surface area contributed by atoms with E-state index in [1.807, 2.05) is 20.8 Å². The molecule has 1 amide bonds. The lowest BCUT2D eigenvalue weighted by Crippen LogP contribution is -2.56. The summed E-state index contributed by atoms with van der Waals surface area (Å²) in [5, 5.41) is 13.8. The molecule has 1 aromatic rings. The van der Waals surface area contributed by atoms with Gasteiger partial charge in [0.15, 0.2) is 17.3 Å².